The standard InChI is InChI=1S/C12H17F2N/c1-3-4-9(2)15-8-10-7-11(13)5-6-12(10)14/h5-7,9,15H,3-4,8H2,1-2H3. The van der Waals surface area contributed by atoms with Gasteiger partial charge >= 0.3 is 0 Å². The molecule has 0 amide bonds. The van der Waals surface area contributed by atoms with E-state index in [4.69, 9.17) is 0 Å². The molecule has 0 bridgehead atoms. The van der Waals surface area contributed by atoms with Gasteiger partial charge < -0.3 is 5.32 Å². The fourth-order valence-electron chi connectivity index (χ4n) is 1.50. The summed E-state index contributed by atoms with van der Waals surface area (Å²) in [6.45, 7) is 4.52. The van der Waals surface area contributed by atoms with E-state index in [9.17, 15) is 8.78 Å². The molecule has 1 atom stereocenters. The van der Waals surface area contributed by atoms with Gasteiger partial charge in [-0.1, -0.05) is 13.3 Å². The molecule has 3 heteroatoms. The van der Waals surface area contributed by atoms with Gasteiger partial charge in [0.05, 0.1) is 0 Å². The second-order valence-corrected chi connectivity index (χ2v) is 3.81. The molecule has 15 heavy (non-hydrogen) atoms. The molecule has 84 valence electrons. The van der Waals surface area contributed by atoms with Gasteiger partial charge in [0.15, 0.2) is 0 Å². The molecular weight excluding hydrogens is 196 g/mol. The molecule has 1 aromatic carbocycles. The van der Waals surface area contributed by atoms with E-state index in [2.05, 4.69) is 12.2 Å². The second-order valence-electron chi connectivity index (χ2n) is 3.81. The Balaban J connectivity index is 2.53. The van der Waals surface area contributed by atoms with E-state index in [0.717, 1.165) is 25.0 Å². The van der Waals surface area contributed by atoms with Crippen LogP contribution in [-0.4, -0.2) is 6.04 Å². The summed E-state index contributed by atoms with van der Waals surface area (Å²) in [6.07, 6.45) is 2.12. The Morgan fingerprint density at radius 3 is 2.73 bits per heavy atom. The predicted octanol–water partition coefficient (Wildman–Crippen LogP) is 3.24. The topological polar surface area (TPSA) is 12.0 Å². The molecule has 0 heterocycles. The van der Waals surface area contributed by atoms with Crippen LogP contribution in [0.2, 0.25) is 0 Å². The highest BCUT2D eigenvalue weighted by Crippen LogP contribution is 2.09. The van der Waals surface area contributed by atoms with Gasteiger partial charge in [-0.15, -0.1) is 0 Å². The van der Waals surface area contributed by atoms with Gasteiger partial charge in [0, 0.05) is 18.2 Å². The average Bonchev–Trinajstić information content (AvgIpc) is 2.20. The molecule has 0 aliphatic rings. The molecule has 1 aromatic rings. The van der Waals surface area contributed by atoms with Crippen LogP contribution < -0.4 is 5.32 Å². The van der Waals surface area contributed by atoms with Crippen molar-refractivity contribution >= 4 is 0 Å². The second kappa shape index (κ2) is 5.81. The van der Waals surface area contributed by atoms with Gasteiger partial charge in [-0.05, 0) is 31.5 Å². The maximum absolute atomic E-state index is 13.2. The molecule has 0 aliphatic carbocycles. The molecule has 0 aliphatic heterocycles. The maximum Gasteiger partial charge on any atom is 0.127 e. The van der Waals surface area contributed by atoms with Crippen molar-refractivity contribution in [2.75, 3.05) is 0 Å². The minimum Gasteiger partial charge on any atom is -0.310 e. The average molecular weight is 213 g/mol. The van der Waals surface area contributed by atoms with Gasteiger partial charge in [0.1, 0.15) is 11.6 Å². The van der Waals surface area contributed by atoms with Crippen molar-refractivity contribution in [1.29, 1.82) is 0 Å². The Morgan fingerprint density at radius 2 is 2.07 bits per heavy atom. The van der Waals surface area contributed by atoms with E-state index in [0.29, 0.717) is 18.2 Å². The van der Waals surface area contributed by atoms with E-state index >= 15 is 0 Å². The zero-order valence-electron chi connectivity index (χ0n) is 9.19. The molecule has 0 saturated carbocycles. The summed E-state index contributed by atoms with van der Waals surface area (Å²) < 4.78 is 26.0. The third-order valence-corrected chi connectivity index (χ3v) is 2.37. The smallest absolute Gasteiger partial charge is 0.127 e. The number of halogens is 2. The molecule has 1 N–H and O–H groups in total. The normalized spacial score (nSPS) is 12.8. The van der Waals surface area contributed by atoms with Crippen molar-refractivity contribution in [3.05, 3.63) is 35.4 Å². The van der Waals surface area contributed by atoms with Crippen molar-refractivity contribution in [3.8, 4) is 0 Å². The summed E-state index contributed by atoms with van der Waals surface area (Å²) in [5, 5.41) is 3.16. The fourth-order valence-corrected chi connectivity index (χ4v) is 1.50. The Bertz CT molecular complexity index is 312. The highest BCUT2D eigenvalue weighted by atomic mass is 19.1. The first kappa shape index (κ1) is 12.1. The van der Waals surface area contributed by atoms with Crippen molar-refractivity contribution in [2.24, 2.45) is 0 Å². The highest BCUT2D eigenvalue weighted by Gasteiger charge is 2.05. The zero-order valence-corrected chi connectivity index (χ0v) is 9.19. The van der Waals surface area contributed by atoms with E-state index in [1.807, 2.05) is 6.92 Å². The van der Waals surface area contributed by atoms with Crippen LogP contribution >= 0.6 is 0 Å². The van der Waals surface area contributed by atoms with Gasteiger partial charge in [-0.25, -0.2) is 8.78 Å². The maximum atomic E-state index is 13.2. The van der Waals surface area contributed by atoms with Crippen LogP contribution in [0.25, 0.3) is 0 Å². The first-order valence-electron chi connectivity index (χ1n) is 5.30. The predicted molar refractivity (Wildman–Crippen MR) is 57.6 cm³/mol. The Labute approximate surface area is 89.5 Å². The van der Waals surface area contributed by atoms with Gasteiger partial charge in [0.25, 0.3) is 0 Å². The minimum atomic E-state index is -0.392. The van der Waals surface area contributed by atoms with Crippen LogP contribution in [-0.2, 0) is 6.54 Å². The lowest BCUT2D eigenvalue weighted by Gasteiger charge is -2.12. The molecular formula is C12H17F2N. The molecule has 0 aromatic heterocycles. The number of rotatable bonds is 5. The molecule has 1 nitrogen and oxygen atoms in total. The van der Waals surface area contributed by atoms with Gasteiger partial charge in [0.2, 0.25) is 0 Å². The molecule has 0 fully saturated rings. The summed E-state index contributed by atoms with van der Waals surface area (Å²) in [5.74, 6) is -0.746. The van der Waals surface area contributed by atoms with Crippen molar-refractivity contribution in [3.63, 3.8) is 0 Å². The van der Waals surface area contributed by atoms with Crippen LogP contribution in [0.4, 0.5) is 8.78 Å². The van der Waals surface area contributed by atoms with Crippen LogP contribution in [0.1, 0.15) is 32.3 Å². The molecule has 1 rings (SSSR count). The van der Waals surface area contributed by atoms with Gasteiger partial charge in [-0.2, -0.15) is 0 Å². The first-order chi connectivity index (χ1) is 7.13. The summed E-state index contributed by atoms with van der Waals surface area (Å²) >= 11 is 0. The lowest BCUT2D eigenvalue weighted by atomic mass is 10.1. The van der Waals surface area contributed by atoms with Crippen LogP contribution in [0.3, 0.4) is 0 Å². The van der Waals surface area contributed by atoms with Crippen LogP contribution in [0.5, 0.6) is 0 Å². The SMILES string of the molecule is CCCC(C)NCc1cc(F)ccc1F. The lowest BCUT2D eigenvalue weighted by molar-refractivity contribution is 0.493. The Hall–Kier alpha value is -0.960. The molecule has 0 radical (unpaired) electrons. The number of hydrogen-bond acceptors (Lipinski definition) is 1. The summed E-state index contributed by atoms with van der Waals surface area (Å²) in [4.78, 5) is 0. The van der Waals surface area contributed by atoms with E-state index in [-0.39, 0.29) is 5.82 Å². The number of hydrogen-bond donors (Lipinski definition) is 1. The van der Waals surface area contributed by atoms with E-state index < -0.39 is 5.82 Å². The quantitative estimate of drug-likeness (QED) is 0.791. The summed E-state index contributed by atoms with van der Waals surface area (Å²) in [5.41, 5.74) is 0.387. The van der Waals surface area contributed by atoms with Crippen LogP contribution in [0, 0.1) is 11.6 Å². The third kappa shape index (κ3) is 3.96. The monoisotopic (exact) mass is 213 g/mol. The molecule has 0 saturated heterocycles. The van der Waals surface area contributed by atoms with Crippen molar-refractivity contribution < 1.29 is 8.78 Å². The molecule has 1 unspecified atom stereocenters. The first-order valence-corrected chi connectivity index (χ1v) is 5.30. The minimum absolute atomic E-state index is 0.331. The van der Waals surface area contributed by atoms with E-state index in [1.54, 1.807) is 0 Å². The largest absolute Gasteiger partial charge is 0.310 e. The van der Waals surface area contributed by atoms with Crippen molar-refractivity contribution in [2.45, 2.75) is 39.3 Å². The lowest BCUT2D eigenvalue weighted by Crippen LogP contribution is -2.25. The van der Waals surface area contributed by atoms with E-state index in [1.165, 1.54) is 6.07 Å². The third-order valence-electron chi connectivity index (χ3n) is 2.37. The number of nitrogens with one attached hydrogen (secondary N) is 1. The molecule has 0 spiro atoms. The highest BCUT2D eigenvalue weighted by molar-refractivity contribution is 5.18. The summed E-state index contributed by atoms with van der Waals surface area (Å²) in [6, 6.07) is 3.87. The van der Waals surface area contributed by atoms with Gasteiger partial charge in [-0.3, -0.25) is 0 Å². The Morgan fingerprint density at radius 1 is 1.33 bits per heavy atom. The van der Waals surface area contributed by atoms with Crippen LogP contribution in [0.15, 0.2) is 18.2 Å². The Kier molecular flexibility index (Phi) is 4.69. The summed E-state index contributed by atoms with van der Waals surface area (Å²) in [7, 11) is 0. The fraction of sp³-hybridized carbons (Fsp3) is 0.500. The number of benzene rings is 1. The van der Waals surface area contributed by atoms with Crippen molar-refractivity contribution in [1.82, 2.24) is 5.32 Å². The zero-order chi connectivity index (χ0) is 11.3.